The smallest absolute Gasteiger partial charge is 0.220 e. The van der Waals surface area contributed by atoms with Crippen molar-refractivity contribution in [2.24, 2.45) is 5.92 Å². The number of carbonyl (C=O) groups is 1. The van der Waals surface area contributed by atoms with Gasteiger partial charge < -0.3 is 9.73 Å². The van der Waals surface area contributed by atoms with Crippen molar-refractivity contribution in [2.45, 2.75) is 51.0 Å². The lowest BCUT2D eigenvalue weighted by atomic mass is 9.86. The molecule has 1 fully saturated rings. The lowest BCUT2D eigenvalue weighted by molar-refractivity contribution is -0.121. The highest BCUT2D eigenvalue weighted by Gasteiger charge is 2.19. The molecule has 23 heavy (non-hydrogen) atoms. The van der Waals surface area contributed by atoms with Gasteiger partial charge in [0.2, 0.25) is 5.91 Å². The van der Waals surface area contributed by atoms with E-state index in [0.717, 1.165) is 18.1 Å². The van der Waals surface area contributed by atoms with Crippen LogP contribution in [-0.2, 0) is 4.79 Å². The summed E-state index contributed by atoms with van der Waals surface area (Å²) >= 11 is 0. The van der Waals surface area contributed by atoms with E-state index >= 15 is 0 Å². The van der Waals surface area contributed by atoms with Crippen molar-refractivity contribution in [3.8, 4) is 0 Å². The van der Waals surface area contributed by atoms with Crippen molar-refractivity contribution in [3.05, 3.63) is 42.6 Å². The summed E-state index contributed by atoms with van der Waals surface area (Å²) < 4.78 is 7.31. The predicted molar refractivity (Wildman–Crippen MR) is 87.9 cm³/mol. The number of hydrogen-bond acceptors (Lipinski definition) is 3. The van der Waals surface area contributed by atoms with E-state index in [0.29, 0.717) is 13.0 Å². The number of carbonyl (C=O) groups excluding carboxylic acids is 1. The molecule has 0 aliphatic heterocycles. The summed E-state index contributed by atoms with van der Waals surface area (Å²) in [5, 5.41) is 7.31. The van der Waals surface area contributed by atoms with E-state index in [1.54, 1.807) is 12.5 Å². The van der Waals surface area contributed by atoms with Gasteiger partial charge in [0.25, 0.3) is 0 Å². The third-order valence-corrected chi connectivity index (χ3v) is 4.71. The molecule has 1 saturated carbocycles. The van der Waals surface area contributed by atoms with Crippen molar-refractivity contribution in [3.63, 3.8) is 0 Å². The zero-order chi connectivity index (χ0) is 15.9. The van der Waals surface area contributed by atoms with E-state index < -0.39 is 0 Å². The third kappa shape index (κ3) is 4.47. The van der Waals surface area contributed by atoms with Crippen LogP contribution in [0.2, 0.25) is 0 Å². The molecule has 2 aromatic rings. The molecular weight excluding hydrogens is 290 g/mol. The molecule has 1 N–H and O–H groups in total. The molecule has 2 heterocycles. The van der Waals surface area contributed by atoms with Gasteiger partial charge in [0, 0.05) is 25.4 Å². The molecule has 124 valence electrons. The Kier molecular flexibility index (Phi) is 5.51. The van der Waals surface area contributed by atoms with E-state index in [2.05, 4.69) is 10.4 Å². The number of amides is 1. The maximum absolute atomic E-state index is 12.2. The summed E-state index contributed by atoms with van der Waals surface area (Å²) in [5.74, 6) is 1.67. The molecule has 0 saturated heterocycles. The minimum Gasteiger partial charge on any atom is -0.467 e. The highest BCUT2D eigenvalue weighted by molar-refractivity contribution is 5.75. The van der Waals surface area contributed by atoms with Crippen LogP contribution in [0.1, 0.15) is 56.7 Å². The summed E-state index contributed by atoms with van der Waals surface area (Å²) in [6.07, 6.45) is 13.5. The number of nitrogens with zero attached hydrogens (tertiary/aromatic N) is 2. The van der Waals surface area contributed by atoms with Crippen molar-refractivity contribution >= 4 is 5.91 Å². The second kappa shape index (κ2) is 7.99. The second-order valence-electron chi connectivity index (χ2n) is 6.36. The third-order valence-electron chi connectivity index (χ3n) is 4.71. The van der Waals surface area contributed by atoms with Crippen molar-refractivity contribution < 1.29 is 9.21 Å². The minimum atomic E-state index is -0.0985. The molecule has 2 aromatic heterocycles. The number of nitrogens with one attached hydrogen (secondary N) is 1. The zero-order valence-electron chi connectivity index (χ0n) is 13.5. The minimum absolute atomic E-state index is 0.0985. The molecule has 5 heteroatoms. The monoisotopic (exact) mass is 315 g/mol. The lowest BCUT2D eigenvalue weighted by Crippen LogP contribution is -2.31. The van der Waals surface area contributed by atoms with Crippen LogP contribution in [0.5, 0.6) is 0 Å². The van der Waals surface area contributed by atoms with Gasteiger partial charge in [-0.15, -0.1) is 0 Å². The Balaban J connectivity index is 1.49. The summed E-state index contributed by atoms with van der Waals surface area (Å²) in [5.41, 5.74) is 0. The van der Waals surface area contributed by atoms with Gasteiger partial charge in [-0.25, -0.2) is 0 Å². The topological polar surface area (TPSA) is 60.1 Å². The van der Waals surface area contributed by atoms with Crippen molar-refractivity contribution in [2.75, 3.05) is 6.54 Å². The van der Waals surface area contributed by atoms with E-state index in [1.165, 1.54) is 32.1 Å². The molecule has 1 aliphatic carbocycles. The van der Waals surface area contributed by atoms with Gasteiger partial charge in [-0.1, -0.05) is 32.1 Å². The number of rotatable bonds is 7. The molecular formula is C18H25N3O2. The molecule has 0 aromatic carbocycles. The summed E-state index contributed by atoms with van der Waals surface area (Å²) in [7, 11) is 0. The normalized spacial score (nSPS) is 17.0. The fraction of sp³-hybridized carbons (Fsp3) is 0.556. The summed E-state index contributed by atoms with van der Waals surface area (Å²) in [4.78, 5) is 12.2. The quantitative estimate of drug-likeness (QED) is 0.850. The predicted octanol–water partition coefficient (Wildman–Crippen LogP) is 3.54. The van der Waals surface area contributed by atoms with Gasteiger partial charge in [0.15, 0.2) is 0 Å². The first kappa shape index (κ1) is 15.8. The molecule has 3 rings (SSSR count). The van der Waals surface area contributed by atoms with E-state index in [1.807, 2.05) is 29.1 Å². The van der Waals surface area contributed by atoms with Crippen LogP contribution in [0.3, 0.4) is 0 Å². The fourth-order valence-electron chi connectivity index (χ4n) is 3.38. The van der Waals surface area contributed by atoms with Crippen molar-refractivity contribution in [1.29, 1.82) is 0 Å². The largest absolute Gasteiger partial charge is 0.467 e. The van der Waals surface area contributed by atoms with Crippen LogP contribution in [0, 0.1) is 5.92 Å². The first-order valence-electron chi connectivity index (χ1n) is 8.62. The summed E-state index contributed by atoms with van der Waals surface area (Å²) in [6, 6.07) is 5.55. The maximum atomic E-state index is 12.2. The molecule has 1 amide bonds. The van der Waals surface area contributed by atoms with Crippen LogP contribution >= 0.6 is 0 Å². The Labute approximate surface area is 137 Å². The van der Waals surface area contributed by atoms with Crippen LogP contribution in [0.25, 0.3) is 0 Å². The average Bonchev–Trinajstić information content (AvgIpc) is 3.28. The molecule has 1 unspecified atom stereocenters. The number of furan rings is 1. The number of aromatic nitrogens is 2. The molecule has 5 nitrogen and oxygen atoms in total. The maximum Gasteiger partial charge on any atom is 0.220 e. The van der Waals surface area contributed by atoms with Gasteiger partial charge in [-0.2, -0.15) is 5.10 Å². The van der Waals surface area contributed by atoms with Crippen LogP contribution in [0.15, 0.2) is 41.3 Å². The standard InChI is InChI=1S/C18H25N3O2/c22-18(10-9-15-6-2-1-3-7-15)19-14-16(17-8-4-13-23-17)21-12-5-11-20-21/h4-5,8,11-13,15-16H,1-3,6-7,9-10,14H2,(H,19,22). The molecule has 0 bridgehead atoms. The zero-order valence-corrected chi connectivity index (χ0v) is 13.5. The van der Waals surface area contributed by atoms with Gasteiger partial charge in [-0.3, -0.25) is 9.48 Å². The SMILES string of the molecule is O=C(CCC1CCCCC1)NCC(c1ccco1)n1cccn1. The Morgan fingerprint density at radius 2 is 2.22 bits per heavy atom. The van der Waals surface area contributed by atoms with Crippen LogP contribution in [0.4, 0.5) is 0 Å². The lowest BCUT2D eigenvalue weighted by Gasteiger charge is -2.21. The highest BCUT2D eigenvalue weighted by atomic mass is 16.3. The Morgan fingerprint density at radius 3 is 2.91 bits per heavy atom. The van der Waals surface area contributed by atoms with Gasteiger partial charge in [0.1, 0.15) is 11.8 Å². The first-order valence-corrected chi connectivity index (χ1v) is 8.62. The van der Waals surface area contributed by atoms with Crippen LogP contribution < -0.4 is 5.32 Å². The van der Waals surface area contributed by atoms with Crippen molar-refractivity contribution in [1.82, 2.24) is 15.1 Å². The fourth-order valence-corrected chi connectivity index (χ4v) is 3.38. The first-order chi connectivity index (χ1) is 11.3. The number of hydrogen-bond donors (Lipinski definition) is 1. The second-order valence-corrected chi connectivity index (χ2v) is 6.36. The van der Waals surface area contributed by atoms with Gasteiger partial charge in [-0.05, 0) is 30.5 Å². The molecule has 1 aliphatic rings. The van der Waals surface area contributed by atoms with E-state index in [9.17, 15) is 4.79 Å². The summed E-state index contributed by atoms with van der Waals surface area (Å²) in [6.45, 7) is 0.499. The average molecular weight is 315 g/mol. The van der Waals surface area contributed by atoms with E-state index in [4.69, 9.17) is 4.42 Å². The molecule has 0 radical (unpaired) electrons. The molecule has 0 spiro atoms. The van der Waals surface area contributed by atoms with Gasteiger partial charge in [0.05, 0.1) is 6.26 Å². The Morgan fingerprint density at radius 1 is 1.35 bits per heavy atom. The van der Waals surface area contributed by atoms with E-state index in [-0.39, 0.29) is 11.9 Å². The molecule has 1 atom stereocenters. The highest BCUT2D eigenvalue weighted by Crippen LogP contribution is 2.27. The van der Waals surface area contributed by atoms with Crippen LogP contribution in [-0.4, -0.2) is 22.2 Å². The van der Waals surface area contributed by atoms with Gasteiger partial charge >= 0.3 is 0 Å². The Bertz CT molecular complexity index is 537. The Hall–Kier alpha value is -2.04.